The topological polar surface area (TPSA) is 99.3 Å². The molecule has 0 unspecified atom stereocenters. The monoisotopic (exact) mass is 489 g/mol. The smallest absolute Gasteiger partial charge is 0.332 e. The van der Waals surface area contributed by atoms with Crippen molar-refractivity contribution in [3.8, 4) is 5.75 Å². The van der Waals surface area contributed by atoms with E-state index < -0.39 is 22.5 Å². The average molecular weight is 490 g/mol. The van der Waals surface area contributed by atoms with Crippen LogP contribution in [0, 0.1) is 5.82 Å². The fourth-order valence-electron chi connectivity index (χ4n) is 3.28. The summed E-state index contributed by atoms with van der Waals surface area (Å²) in [5, 5.41) is 0.527. The lowest BCUT2D eigenvalue weighted by atomic mass is 9.96. The highest BCUT2D eigenvalue weighted by molar-refractivity contribution is 8.00. The Hall–Kier alpha value is -3.21. The molecular formula is C23H28FN5O4S. The zero-order valence-corrected chi connectivity index (χ0v) is 21.1. The van der Waals surface area contributed by atoms with Gasteiger partial charge in [-0.1, -0.05) is 38.6 Å². The number of thioether (sulfide) groups is 1. The van der Waals surface area contributed by atoms with Gasteiger partial charge in [0.15, 0.2) is 17.2 Å². The quantitative estimate of drug-likeness (QED) is 0.387. The van der Waals surface area contributed by atoms with Crippen LogP contribution in [0.2, 0.25) is 0 Å². The third kappa shape index (κ3) is 4.98. The van der Waals surface area contributed by atoms with Crippen LogP contribution in [0.25, 0.3) is 11.0 Å². The molecule has 3 aromatic rings. The molecule has 0 aliphatic heterocycles. The summed E-state index contributed by atoms with van der Waals surface area (Å²) in [4.78, 5) is 48.7. The summed E-state index contributed by atoms with van der Waals surface area (Å²) in [6, 6.07) is 4.53. The predicted octanol–water partition coefficient (Wildman–Crippen LogP) is 2.22. The van der Waals surface area contributed by atoms with Crippen LogP contribution in [0.5, 0.6) is 5.75 Å². The molecule has 3 rings (SSSR count). The number of benzene rings is 1. The van der Waals surface area contributed by atoms with Gasteiger partial charge in [0.05, 0.1) is 12.9 Å². The van der Waals surface area contributed by atoms with Gasteiger partial charge in [-0.3, -0.25) is 18.7 Å². The average Bonchev–Trinajstić information content (AvgIpc) is 2.78. The molecule has 9 nitrogen and oxygen atoms in total. The van der Waals surface area contributed by atoms with Gasteiger partial charge in [0, 0.05) is 33.1 Å². The molecule has 182 valence electrons. The number of methoxy groups -OCH3 is 1. The van der Waals surface area contributed by atoms with Crippen molar-refractivity contribution >= 4 is 28.7 Å². The first kappa shape index (κ1) is 25.4. The maximum absolute atomic E-state index is 14.0. The van der Waals surface area contributed by atoms with Gasteiger partial charge in [-0.05, 0) is 17.7 Å². The van der Waals surface area contributed by atoms with E-state index in [0.29, 0.717) is 16.4 Å². The zero-order valence-electron chi connectivity index (χ0n) is 20.3. The van der Waals surface area contributed by atoms with Crippen LogP contribution < -0.4 is 16.0 Å². The summed E-state index contributed by atoms with van der Waals surface area (Å²) < 4.78 is 21.2. The number of rotatable bonds is 6. The van der Waals surface area contributed by atoms with E-state index in [4.69, 9.17) is 4.74 Å². The van der Waals surface area contributed by atoms with Crippen LogP contribution >= 0.6 is 11.8 Å². The van der Waals surface area contributed by atoms with Crippen LogP contribution in [-0.2, 0) is 30.8 Å². The fourth-order valence-corrected chi connectivity index (χ4v) is 4.23. The molecular weight excluding hydrogens is 461 g/mol. The number of halogens is 1. The van der Waals surface area contributed by atoms with Gasteiger partial charge in [-0.25, -0.2) is 19.2 Å². The Balaban J connectivity index is 1.92. The number of nitrogens with zero attached hydrogens (tertiary/aromatic N) is 5. The molecule has 0 fully saturated rings. The zero-order chi connectivity index (χ0) is 25.4. The molecule has 2 heterocycles. The summed E-state index contributed by atoms with van der Waals surface area (Å²) >= 11 is 1.11. The maximum Gasteiger partial charge on any atom is 0.332 e. The molecule has 0 N–H and O–H groups in total. The van der Waals surface area contributed by atoms with Gasteiger partial charge in [-0.2, -0.15) is 0 Å². The molecule has 0 aliphatic carbocycles. The first-order chi connectivity index (χ1) is 15.8. The van der Waals surface area contributed by atoms with Gasteiger partial charge < -0.3 is 9.64 Å². The van der Waals surface area contributed by atoms with Crippen molar-refractivity contribution < 1.29 is 13.9 Å². The highest BCUT2D eigenvalue weighted by atomic mass is 32.2. The van der Waals surface area contributed by atoms with Crippen molar-refractivity contribution in [1.82, 2.24) is 24.0 Å². The van der Waals surface area contributed by atoms with Crippen molar-refractivity contribution in [2.24, 2.45) is 14.1 Å². The molecule has 0 saturated carbocycles. The van der Waals surface area contributed by atoms with E-state index in [-0.39, 0.29) is 35.0 Å². The van der Waals surface area contributed by atoms with E-state index >= 15 is 0 Å². The molecule has 2 aromatic heterocycles. The lowest BCUT2D eigenvalue weighted by Crippen LogP contribution is -2.38. The van der Waals surface area contributed by atoms with Crippen molar-refractivity contribution in [3.63, 3.8) is 0 Å². The largest absolute Gasteiger partial charge is 0.494 e. The highest BCUT2D eigenvalue weighted by Gasteiger charge is 2.24. The molecule has 0 saturated heterocycles. The Kier molecular flexibility index (Phi) is 7.15. The minimum absolute atomic E-state index is 0.00315. The van der Waals surface area contributed by atoms with E-state index in [0.717, 1.165) is 16.3 Å². The lowest BCUT2D eigenvalue weighted by molar-refractivity contribution is -0.127. The predicted molar refractivity (Wildman–Crippen MR) is 129 cm³/mol. The number of aromatic nitrogens is 4. The number of ether oxygens (including phenoxy) is 1. The second-order valence-electron chi connectivity index (χ2n) is 9.01. The van der Waals surface area contributed by atoms with Crippen LogP contribution in [-0.4, -0.2) is 49.8 Å². The maximum atomic E-state index is 14.0. The van der Waals surface area contributed by atoms with Crippen molar-refractivity contribution in [2.75, 3.05) is 19.9 Å². The molecule has 0 aliphatic rings. The minimum atomic E-state index is -0.518. The summed E-state index contributed by atoms with van der Waals surface area (Å²) in [5.74, 6) is -0.141. The summed E-state index contributed by atoms with van der Waals surface area (Å²) in [6.45, 7) is 5.98. The fraction of sp³-hybridized carbons (Fsp3) is 0.435. The van der Waals surface area contributed by atoms with Gasteiger partial charge in [0.25, 0.3) is 5.56 Å². The molecule has 1 aromatic carbocycles. The van der Waals surface area contributed by atoms with Gasteiger partial charge >= 0.3 is 5.69 Å². The third-order valence-corrected chi connectivity index (χ3v) is 6.29. The van der Waals surface area contributed by atoms with Crippen molar-refractivity contribution in [1.29, 1.82) is 0 Å². The lowest BCUT2D eigenvalue weighted by Gasteiger charge is -2.20. The van der Waals surface area contributed by atoms with E-state index in [9.17, 15) is 18.8 Å². The van der Waals surface area contributed by atoms with E-state index in [1.165, 1.54) is 35.8 Å². The van der Waals surface area contributed by atoms with E-state index in [1.54, 1.807) is 20.2 Å². The van der Waals surface area contributed by atoms with Gasteiger partial charge in [-0.15, -0.1) is 0 Å². The number of amides is 1. The molecule has 34 heavy (non-hydrogen) atoms. The molecule has 1 amide bonds. The van der Waals surface area contributed by atoms with Gasteiger partial charge in [0.2, 0.25) is 5.91 Å². The second kappa shape index (κ2) is 9.57. The molecule has 11 heteroatoms. The number of aryl methyl sites for hydroxylation is 1. The Morgan fingerprint density at radius 2 is 1.85 bits per heavy atom. The summed E-state index contributed by atoms with van der Waals surface area (Å²) in [6.07, 6.45) is 0. The van der Waals surface area contributed by atoms with Crippen molar-refractivity contribution in [3.05, 3.63) is 56.2 Å². The van der Waals surface area contributed by atoms with Crippen molar-refractivity contribution in [2.45, 2.75) is 37.8 Å². The van der Waals surface area contributed by atoms with Crippen LogP contribution in [0.1, 0.15) is 32.2 Å². The number of fused-ring (bicyclic) bond motifs is 1. The SMILES string of the molecule is COc1ccc(CN(C)C(=O)CSc2nc(C(C)(C)C)nc3c2c(=O)n(C)c(=O)n3C)cc1F. The first-order valence-corrected chi connectivity index (χ1v) is 11.5. The van der Waals surface area contributed by atoms with E-state index in [2.05, 4.69) is 9.97 Å². The second-order valence-corrected chi connectivity index (χ2v) is 9.98. The minimum Gasteiger partial charge on any atom is -0.494 e. The third-order valence-electron chi connectivity index (χ3n) is 5.33. The van der Waals surface area contributed by atoms with Gasteiger partial charge in [0.1, 0.15) is 16.2 Å². The number of carbonyl (C=O) groups excluding carboxylic acids is 1. The Morgan fingerprint density at radius 3 is 2.44 bits per heavy atom. The Labute approximate surface area is 200 Å². The highest BCUT2D eigenvalue weighted by Crippen LogP contribution is 2.27. The van der Waals surface area contributed by atoms with E-state index in [1.807, 2.05) is 20.8 Å². The molecule has 0 spiro atoms. The summed E-state index contributed by atoms with van der Waals surface area (Å²) in [7, 11) is 5.94. The number of hydrogen-bond acceptors (Lipinski definition) is 7. The summed E-state index contributed by atoms with van der Waals surface area (Å²) in [5.41, 5.74) is -0.611. The molecule has 0 atom stereocenters. The molecule has 0 radical (unpaired) electrons. The Bertz CT molecular complexity index is 1380. The van der Waals surface area contributed by atoms with Crippen LogP contribution in [0.15, 0.2) is 32.8 Å². The normalized spacial score (nSPS) is 11.6. The number of carbonyl (C=O) groups is 1. The van der Waals surface area contributed by atoms with Crippen LogP contribution in [0.4, 0.5) is 4.39 Å². The Morgan fingerprint density at radius 1 is 1.18 bits per heavy atom. The number of hydrogen-bond donors (Lipinski definition) is 0. The van der Waals surface area contributed by atoms with Crippen LogP contribution in [0.3, 0.4) is 0 Å². The molecule has 0 bridgehead atoms. The first-order valence-electron chi connectivity index (χ1n) is 10.5. The standard InChI is InChI=1S/C23H28FN5O4S/c1-23(2,3)21-25-18-17(20(31)29(6)22(32)28(18)5)19(26-21)34-12-16(30)27(4)11-13-8-9-15(33-7)14(24)10-13/h8-10H,11-12H2,1-7H3.